The molecule has 1 rings (SSSR count). The normalized spacial score (nSPS) is 12.1. The van der Waals surface area contributed by atoms with E-state index in [-0.39, 0.29) is 30.9 Å². The predicted octanol–water partition coefficient (Wildman–Crippen LogP) is 1.59. The third kappa shape index (κ3) is 4.84. The van der Waals surface area contributed by atoms with Gasteiger partial charge in [-0.3, -0.25) is 9.59 Å². The quantitative estimate of drug-likeness (QED) is 0.804. The van der Waals surface area contributed by atoms with E-state index in [0.717, 1.165) is 5.56 Å². The monoisotopic (exact) mass is 306 g/mol. The topological polar surface area (TPSA) is 69.6 Å². The summed E-state index contributed by atoms with van der Waals surface area (Å²) in [7, 11) is 0. The highest BCUT2D eigenvalue weighted by Crippen LogP contribution is 2.09. The summed E-state index contributed by atoms with van der Waals surface area (Å²) in [5.41, 5.74) is 1.54. The van der Waals surface area contributed by atoms with Gasteiger partial charge in [0.2, 0.25) is 5.91 Å². The number of likely N-dealkylation sites (N-methyl/N-ethyl adjacent to an activating group) is 1. The Hall–Kier alpha value is -1.88. The molecule has 1 aromatic carbocycles. The van der Waals surface area contributed by atoms with Crippen molar-refractivity contribution in [2.24, 2.45) is 5.92 Å². The standard InChI is InChI=1S/C17H26N2O3/c1-5-19(9-10-20)17(22)15(12(2)3)18-16(21)14-8-6-7-13(4)11-14/h6-8,11-12,15,20H,5,9-10H2,1-4H3,(H,18,21). The zero-order valence-corrected chi connectivity index (χ0v) is 13.8. The van der Waals surface area contributed by atoms with Crippen molar-refractivity contribution in [2.45, 2.75) is 33.7 Å². The minimum atomic E-state index is -0.598. The van der Waals surface area contributed by atoms with E-state index in [0.29, 0.717) is 12.1 Å². The lowest BCUT2D eigenvalue weighted by molar-refractivity contribution is -0.134. The molecule has 0 saturated heterocycles. The number of hydrogen-bond donors (Lipinski definition) is 2. The van der Waals surface area contributed by atoms with Gasteiger partial charge in [-0.2, -0.15) is 0 Å². The van der Waals surface area contributed by atoms with Gasteiger partial charge >= 0.3 is 0 Å². The Balaban J connectivity index is 2.88. The second-order valence-corrected chi connectivity index (χ2v) is 5.71. The summed E-state index contributed by atoms with van der Waals surface area (Å²) in [6.45, 7) is 8.25. The fraction of sp³-hybridized carbons (Fsp3) is 0.529. The highest BCUT2D eigenvalue weighted by Gasteiger charge is 2.28. The van der Waals surface area contributed by atoms with E-state index in [4.69, 9.17) is 5.11 Å². The van der Waals surface area contributed by atoms with E-state index >= 15 is 0 Å². The van der Waals surface area contributed by atoms with Crippen LogP contribution in [0.5, 0.6) is 0 Å². The Morgan fingerprint density at radius 1 is 1.32 bits per heavy atom. The molecule has 122 valence electrons. The van der Waals surface area contributed by atoms with Gasteiger partial charge in [0, 0.05) is 18.7 Å². The van der Waals surface area contributed by atoms with E-state index in [1.165, 1.54) is 0 Å². The fourth-order valence-electron chi connectivity index (χ4n) is 2.27. The van der Waals surface area contributed by atoms with Crippen LogP contribution in [0.2, 0.25) is 0 Å². The van der Waals surface area contributed by atoms with Crippen molar-refractivity contribution in [3.8, 4) is 0 Å². The van der Waals surface area contributed by atoms with Gasteiger partial charge < -0.3 is 15.3 Å². The Morgan fingerprint density at radius 2 is 2.00 bits per heavy atom. The van der Waals surface area contributed by atoms with Crippen LogP contribution in [0.1, 0.15) is 36.7 Å². The number of benzene rings is 1. The molecule has 0 aromatic heterocycles. The molecule has 22 heavy (non-hydrogen) atoms. The average molecular weight is 306 g/mol. The zero-order valence-electron chi connectivity index (χ0n) is 13.8. The summed E-state index contributed by atoms with van der Waals surface area (Å²) in [6.07, 6.45) is 0. The molecule has 0 radical (unpaired) electrons. The maximum absolute atomic E-state index is 12.5. The van der Waals surface area contributed by atoms with Crippen molar-refractivity contribution in [3.63, 3.8) is 0 Å². The van der Waals surface area contributed by atoms with Crippen LogP contribution in [0.15, 0.2) is 24.3 Å². The number of hydrogen-bond acceptors (Lipinski definition) is 3. The molecule has 0 bridgehead atoms. The summed E-state index contributed by atoms with van der Waals surface area (Å²) < 4.78 is 0. The number of aliphatic hydroxyl groups is 1. The van der Waals surface area contributed by atoms with Gasteiger partial charge in [-0.1, -0.05) is 31.5 Å². The molecule has 0 aliphatic carbocycles. The molecule has 0 saturated carbocycles. The predicted molar refractivity (Wildman–Crippen MR) is 86.6 cm³/mol. The molecule has 1 atom stereocenters. The van der Waals surface area contributed by atoms with Crippen molar-refractivity contribution in [2.75, 3.05) is 19.7 Å². The SMILES string of the molecule is CCN(CCO)C(=O)C(NC(=O)c1cccc(C)c1)C(C)C. The Kier molecular flexibility index (Phi) is 7.05. The maximum atomic E-state index is 12.5. The third-order valence-electron chi connectivity index (χ3n) is 3.56. The van der Waals surface area contributed by atoms with Gasteiger partial charge in [0.05, 0.1) is 6.61 Å². The molecule has 2 amide bonds. The lowest BCUT2D eigenvalue weighted by Gasteiger charge is -2.28. The summed E-state index contributed by atoms with van der Waals surface area (Å²) in [5, 5.41) is 11.9. The van der Waals surface area contributed by atoms with Crippen LogP contribution in [-0.4, -0.2) is 47.6 Å². The fourth-order valence-corrected chi connectivity index (χ4v) is 2.27. The highest BCUT2D eigenvalue weighted by molar-refractivity contribution is 5.97. The lowest BCUT2D eigenvalue weighted by Crippen LogP contribution is -2.51. The molecule has 2 N–H and O–H groups in total. The van der Waals surface area contributed by atoms with Crippen LogP contribution < -0.4 is 5.32 Å². The van der Waals surface area contributed by atoms with Gasteiger partial charge in [0.15, 0.2) is 0 Å². The molecule has 5 nitrogen and oxygen atoms in total. The molecule has 0 aliphatic heterocycles. The number of aryl methyl sites for hydroxylation is 1. The van der Waals surface area contributed by atoms with Crippen molar-refractivity contribution in [1.82, 2.24) is 10.2 Å². The Labute approximate surface area is 132 Å². The van der Waals surface area contributed by atoms with Gasteiger partial charge in [0.1, 0.15) is 6.04 Å². The first-order valence-electron chi connectivity index (χ1n) is 7.67. The summed E-state index contributed by atoms with van der Waals surface area (Å²) in [4.78, 5) is 26.5. The second kappa shape index (κ2) is 8.54. The lowest BCUT2D eigenvalue weighted by atomic mass is 10.0. The van der Waals surface area contributed by atoms with Crippen LogP contribution in [-0.2, 0) is 4.79 Å². The smallest absolute Gasteiger partial charge is 0.251 e. The number of aliphatic hydroxyl groups excluding tert-OH is 1. The van der Waals surface area contributed by atoms with Gasteiger partial charge in [-0.15, -0.1) is 0 Å². The number of nitrogens with zero attached hydrogens (tertiary/aromatic N) is 1. The molecular weight excluding hydrogens is 280 g/mol. The Bertz CT molecular complexity index is 514. The molecule has 1 aromatic rings. The number of nitrogens with one attached hydrogen (secondary N) is 1. The van der Waals surface area contributed by atoms with Crippen molar-refractivity contribution in [1.29, 1.82) is 0 Å². The summed E-state index contributed by atoms with van der Waals surface area (Å²) >= 11 is 0. The van der Waals surface area contributed by atoms with Crippen molar-refractivity contribution >= 4 is 11.8 Å². The van der Waals surface area contributed by atoms with Crippen LogP contribution in [0, 0.1) is 12.8 Å². The minimum Gasteiger partial charge on any atom is -0.395 e. The van der Waals surface area contributed by atoms with E-state index in [1.54, 1.807) is 17.0 Å². The number of carbonyl (C=O) groups is 2. The van der Waals surface area contributed by atoms with Crippen molar-refractivity contribution < 1.29 is 14.7 Å². The average Bonchev–Trinajstić information content (AvgIpc) is 2.49. The van der Waals surface area contributed by atoms with Crippen LogP contribution >= 0.6 is 0 Å². The number of carbonyl (C=O) groups excluding carboxylic acids is 2. The van der Waals surface area contributed by atoms with Gasteiger partial charge in [-0.25, -0.2) is 0 Å². The molecule has 0 spiro atoms. The second-order valence-electron chi connectivity index (χ2n) is 5.71. The number of rotatable bonds is 7. The largest absolute Gasteiger partial charge is 0.395 e. The molecule has 0 aliphatic rings. The summed E-state index contributed by atoms with van der Waals surface area (Å²) in [6, 6.07) is 6.67. The third-order valence-corrected chi connectivity index (χ3v) is 3.56. The zero-order chi connectivity index (χ0) is 16.7. The van der Waals surface area contributed by atoms with Crippen molar-refractivity contribution in [3.05, 3.63) is 35.4 Å². The van der Waals surface area contributed by atoms with Crippen LogP contribution in [0.4, 0.5) is 0 Å². The van der Waals surface area contributed by atoms with Gasteiger partial charge in [0.25, 0.3) is 5.91 Å². The molecule has 0 fully saturated rings. The van der Waals surface area contributed by atoms with E-state index in [1.807, 2.05) is 39.8 Å². The van der Waals surface area contributed by atoms with Crippen LogP contribution in [0.3, 0.4) is 0 Å². The molecule has 5 heteroatoms. The highest BCUT2D eigenvalue weighted by atomic mass is 16.3. The molecule has 1 unspecified atom stereocenters. The van der Waals surface area contributed by atoms with E-state index in [9.17, 15) is 9.59 Å². The first-order valence-corrected chi connectivity index (χ1v) is 7.67. The summed E-state index contributed by atoms with van der Waals surface area (Å²) in [5.74, 6) is -0.447. The van der Waals surface area contributed by atoms with Gasteiger partial charge in [-0.05, 0) is 31.9 Å². The van der Waals surface area contributed by atoms with E-state index < -0.39 is 6.04 Å². The Morgan fingerprint density at radius 3 is 2.50 bits per heavy atom. The first-order chi connectivity index (χ1) is 10.4. The van der Waals surface area contributed by atoms with Crippen LogP contribution in [0.25, 0.3) is 0 Å². The molecular formula is C17H26N2O3. The maximum Gasteiger partial charge on any atom is 0.251 e. The minimum absolute atomic E-state index is 0.0333. The molecule has 0 heterocycles. The van der Waals surface area contributed by atoms with E-state index in [2.05, 4.69) is 5.32 Å². The number of amides is 2. The first kappa shape index (κ1) is 18.2.